The van der Waals surface area contributed by atoms with Gasteiger partial charge < -0.3 is 15.4 Å². The van der Waals surface area contributed by atoms with Crippen LogP contribution in [0.25, 0.3) is 0 Å². The molecule has 1 aromatic heterocycles. The molecule has 0 fully saturated rings. The van der Waals surface area contributed by atoms with Crippen LogP contribution in [0, 0.1) is 11.6 Å². The van der Waals surface area contributed by atoms with E-state index in [9.17, 15) is 8.78 Å². The lowest BCUT2D eigenvalue weighted by Gasteiger charge is -2.10. The van der Waals surface area contributed by atoms with Crippen LogP contribution in [-0.4, -0.2) is 23.6 Å². The van der Waals surface area contributed by atoms with Gasteiger partial charge >= 0.3 is 0 Å². The van der Waals surface area contributed by atoms with Crippen molar-refractivity contribution in [1.29, 1.82) is 0 Å². The summed E-state index contributed by atoms with van der Waals surface area (Å²) in [5, 5.41) is 5.81. The van der Waals surface area contributed by atoms with Crippen molar-refractivity contribution in [2.45, 2.75) is 6.42 Å². The molecule has 0 amide bonds. The van der Waals surface area contributed by atoms with Gasteiger partial charge in [-0.2, -0.15) is 0 Å². The Morgan fingerprint density at radius 3 is 2.46 bits per heavy atom. The molecule has 0 saturated carbocycles. The summed E-state index contributed by atoms with van der Waals surface area (Å²) in [5.41, 5.74) is 0.881. The van der Waals surface area contributed by atoms with E-state index in [0.29, 0.717) is 18.2 Å². The minimum Gasteiger partial charge on any atom is -0.497 e. The zero-order chi connectivity index (χ0) is 18.4. The number of benzene rings is 2. The molecule has 3 rings (SSSR count). The molecule has 0 atom stereocenters. The lowest BCUT2D eigenvalue weighted by Crippen LogP contribution is -2.07. The number of ether oxygens (including phenoxy) is 1. The number of halogens is 2. The van der Waals surface area contributed by atoms with E-state index < -0.39 is 11.6 Å². The molecule has 0 aliphatic rings. The van der Waals surface area contributed by atoms with Crippen LogP contribution in [0.15, 0.2) is 54.9 Å². The number of methoxy groups -OCH3 is 1. The molecule has 0 saturated heterocycles. The number of hydrogen-bond donors (Lipinski definition) is 2. The first-order valence-electron chi connectivity index (χ1n) is 8.05. The van der Waals surface area contributed by atoms with Gasteiger partial charge in [-0.15, -0.1) is 0 Å². The van der Waals surface area contributed by atoms with E-state index in [-0.39, 0.29) is 5.69 Å². The number of nitrogens with zero attached hydrogens (tertiary/aromatic N) is 2. The number of anilines is 3. The van der Waals surface area contributed by atoms with Crippen molar-refractivity contribution in [3.8, 4) is 5.75 Å². The quantitative estimate of drug-likeness (QED) is 0.666. The normalized spacial score (nSPS) is 10.4. The number of aromatic nitrogens is 2. The number of nitrogens with one attached hydrogen (secondary N) is 2. The second-order valence-electron chi connectivity index (χ2n) is 5.54. The highest BCUT2D eigenvalue weighted by Crippen LogP contribution is 2.22. The lowest BCUT2D eigenvalue weighted by molar-refractivity contribution is 0.414. The van der Waals surface area contributed by atoms with Gasteiger partial charge in [0, 0.05) is 12.6 Å². The van der Waals surface area contributed by atoms with E-state index in [1.807, 2.05) is 24.3 Å². The molecule has 2 N–H and O–H groups in total. The molecule has 7 heteroatoms. The molecule has 26 heavy (non-hydrogen) atoms. The van der Waals surface area contributed by atoms with Crippen LogP contribution in [0.3, 0.4) is 0 Å². The van der Waals surface area contributed by atoms with Gasteiger partial charge in [0.1, 0.15) is 41.0 Å². The molecule has 0 bridgehead atoms. The second kappa shape index (κ2) is 8.24. The van der Waals surface area contributed by atoms with Gasteiger partial charge in [-0.25, -0.2) is 18.7 Å². The summed E-state index contributed by atoms with van der Waals surface area (Å²) in [6.07, 6.45) is 2.10. The van der Waals surface area contributed by atoms with E-state index in [1.165, 1.54) is 24.5 Å². The minimum atomic E-state index is -0.684. The second-order valence-corrected chi connectivity index (χ2v) is 5.54. The molecular formula is C19H18F2N4O. The number of rotatable bonds is 7. The van der Waals surface area contributed by atoms with Gasteiger partial charge in [-0.1, -0.05) is 18.2 Å². The van der Waals surface area contributed by atoms with Crippen LogP contribution in [0.4, 0.5) is 26.1 Å². The molecule has 0 radical (unpaired) electrons. The maximum Gasteiger partial charge on any atom is 0.149 e. The van der Waals surface area contributed by atoms with Crippen LogP contribution in [-0.2, 0) is 6.42 Å². The van der Waals surface area contributed by atoms with E-state index in [0.717, 1.165) is 17.7 Å². The summed E-state index contributed by atoms with van der Waals surface area (Å²) in [5.74, 6) is 0.297. The Hall–Kier alpha value is -3.22. The zero-order valence-corrected chi connectivity index (χ0v) is 14.2. The van der Waals surface area contributed by atoms with Crippen molar-refractivity contribution in [2.24, 2.45) is 0 Å². The molecule has 134 valence electrons. The summed E-state index contributed by atoms with van der Waals surface area (Å²) >= 11 is 0. The molecule has 2 aromatic carbocycles. The Labute approximate surface area is 150 Å². The smallest absolute Gasteiger partial charge is 0.149 e. The van der Waals surface area contributed by atoms with E-state index in [1.54, 1.807) is 13.2 Å². The SMILES string of the molecule is COc1cccc(CCNc2cc(Nc3c(F)cccc3F)ncn2)c1. The zero-order valence-electron chi connectivity index (χ0n) is 14.2. The molecule has 0 unspecified atom stereocenters. The van der Waals surface area contributed by atoms with Crippen molar-refractivity contribution < 1.29 is 13.5 Å². The predicted octanol–water partition coefficient (Wildman–Crippen LogP) is 4.16. The average Bonchev–Trinajstić information content (AvgIpc) is 2.65. The standard InChI is InChI=1S/C19H18F2N4O/c1-26-14-5-2-4-13(10-14)8-9-22-17-11-18(24-12-23-17)25-19-15(20)6-3-7-16(19)21/h2-7,10-12H,8-9H2,1H3,(H2,22,23,24,25). The Bertz CT molecular complexity index is 869. The third kappa shape index (κ3) is 4.44. The summed E-state index contributed by atoms with van der Waals surface area (Å²) in [4.78, 5) is 8.11. The monoisotopic (exact) mass is 356 g/mol. The van der Waals surface area contributed by atoms with Crippen LogP contribution < -0.4 is 15.4 Å². The first-order chi connectivity index (χ1) is 12.7. The summed E-state index contributed by atoms with van der Waals surface area (Å²) in [6, 6.07) is 13.1. The highest BCUT2D eigenvalue weighted by atomic mass is 19.1. The molecule has 5 nitrogen and oxygen atoms in total. The van der Waals surface area contributed by atoms with Crippen LogP contribution in [0.2, 0.25) is 0 Å². The Morgan fingerprint density at radius 2 is 1.69 bits per heavy atom. The largest absolute Gasteiger partial charge is 0.497 e. The molecule has 1 heterocycles. The van der Waals surface area contributed by atoms with Crippen LogP contribution in [0.1, 0.15) is 5.56 Å². The Morgan fingerprint density at radius 1 is 0.962 bits per heavy atom. The first-order valence-corrected chi connectivity index (χ1v) is 8.05. The van der Waals surface area contributed by atoms with Crippen LogP contribution in [0.5, 0.6) is 5.75 Å². The maximum absolute atomic E-state index is 13.7. The third-order valence-electron chi connectivity index (χ3n) is 3.74. The topological polar surface area (TPSA) is 59.1 Å². The highest BCUT2D eigenvalue weighted by molar-refractivity contribution is 5.60. The van der Waals surface area contributed by atoms with Crippen molar-refractivity contribution in [1.82, 2.24) is 9.97 Å². The molecule has 0 aliphatic heterocycles. The number of para-hydroxylation sites is 1. The summed E-state index contributed by atoms with van der Waals surface area (Å²) in [7, 11) is 1.63. The molecular weight excluding hydrogens is 338 g/mol. The Balaban J connectivity index is 1.62. The van der Waals surface area contributed by atoms with Gasteiger partial charge in [0.15, 0.2) is 0 Å². The lowest BCUT2D eigenvalue weighted by atomic mass is 10.1. The fourth-order valence-corrected chi connectivity index (χ4v) is 2.43. The Kier molecular flexibility index (Phi) is 5.58. The van der Waals surface area contributed by atoms with Gasteiger partial charge in [-0.3, -0.25) is 0 Å². The van der Waals surface area contributed by atoms with Gasteiger partial charge in [0.05, 0.1) is 7.11 Å². The van der Waals surface area contributed by atoms with E-state index in [2.05, 4.69) is 20.6 Å². The number of hydrogen-bond acceptors (Lipinski definition) is 5. The van der Waals surface area contributed by atoms with Crippen molar-refractivity contribution in [2.75, 3.05) is 24.3 Å². The average molecular weight is 356 g/mol. The molecule has 0 aliphatic carbocycles. The van der Waals surface area contributed by atoms with Gasteiger partial charge in [0.2, 0.25) is 0 Å². The third-order valence-corrected chi connectivity index (χ3v) is 3.74. The molecule has 0 spiro atoms. The molecule has 3 aromatic rings. The maximum atomic E-state index is 13.7. The van der Waals surface area contributed by atoms with Crippen molar-refractivity contribution in [3.63, 3.8) is 0 Å². The van der Waals surface area contributed by atoms with E-state index in [4.69, 9.17) is 4.74 Å². The van der Waals surface area contributed by atoms with Crippen molar-refractivity contribution >= 4 is 17.3 Å². The van der Waals surface area contributed by atoms with E-state index >= 15 is 0 Å². The van der Waals surface area contributed by atoms with Crippen LogP contribution >= 0.6 is 0 Å². The fourth-order valence-electron chi connectivity index (χ4n) is 2.43. The summed E-state index contributed by atoms with van der Waals surface area (Å²) in [6.45, 7) is 0.637. The van der Waals surface area contributed by atoms with Crippen molar-refractivity contribution in [3.05, 3.63) is 72.1 Å². The van der Waals surface area contributed by atoms with Gasteiger partial charge in [-0.05, 0) is 36.2 Å². The first kappa shape index (κ1) is 17.6. The highest BCUT2D eigenvalue weighted by Gasteiger charge is 2.09. The summed E-state index contributed by atoms with van der Waals surface area (Å²) < 4.78 is 32.6. The van der Waals surface area contributed by atoms with Gasteiger partial charge in [0.25, 0.3) is 0 Å². The minimum absolute atomic E-state index is 0.242. The predicted molar refractivity (Wildman–Crippen MR) is 96.9 cm³/mol. The fraction of sp³-hybridized carbons (Fsp3) is 0.158.